The van der Waals surface area contributed by atoms with Crippen LogP contribution < -0.4 is 0 Å². The van der Waals surface area contributed by atoms with Gasteiger partial charge in [-0.3, -0.25) is 9.59 Å². The first-order valence-corrected chi connectivity index (χ1v) is 8.10. The fourth-order valence-corrected chi connectivity index (χ4v) is 2.81. The Morgan fingerprint density at radius 2 is 1.58 bits per heavy atom. The Morgan fingerprint density at radius 3 is 2.05 bits per heavy atom. The molecule has 0 spiro atoms. The summed E-state index contributed by atoms with van der Waals surface area (Å²) in [6.07, 6.45) is 2.61. The highest BCUT2D eigenvalue weighted by Crippen LogP contribution is 2.09. The summed E-state index contributed by atoms with van der Waals surface area (Å²) in [5, 5.41) is 8.48. The molecule has 0 unspecified atom stereocenters. The van der Waals surface area contributed by atoms with Crippen LogP contribution in [0, 0.1) is 0 Å². The Morgan fingerprint density at radius 1 is 1.05 bits per heavy atom. The van der Waals surface area contributed by atoms with Gasteiger partial charge in [-0.05, 0) is 12.8 Å². The molecule has 1 rings (SSSR count). The van der Waals surface area contributed by atoms with Gasteiger partial charge in [0.1, 0.15) is 0 Å². The number of carbonyl (C=O) groups is 2. The van der Waals surface area contributed by atoms with E-state index in [0.717, 1.165) is 6.26 Å². The maximum atomic E-state index is 11.8. The van der Waals surface area contributed by atoms with Gasteiger partial charge >= 0.3 is 5.97 Å². The first-order chi connectivity index (χ1) is 8.80. The number of rotatable bonds is 6. The number of aliphatic carboxylic acids is 1. The van der Waals surface area contributed by atoms with E-state index in [1.165, 1.54) is 4.31 Å². The maximum Gasteiger partial charge on any atom is 0.303 e. The molecule has 0 aromatic heterocycles. The number of hydrogen-bond donors (Lipinski definition) is 1. The van der Waals surface area contributed by atoms with Crippen molar-refractivity contribution in [3.05, 3.63) is 0 Å². The fraction of sp³-hybridized carbons (Fsp3) is 0.818. The van der Waals surface area contributed by atoms with Gasteiger partial charge in [0.15, 0.2) is 0 Å². The van der Waals surface area contributed by atoms with Crippen LogP contribution >= 0.6 is 0 Å². The number of sulfonamides is 1. The Hall–Kier alpha value is -1.15. The summed E-state index contributed by atoms with van der Waals surface area (Å²) >= 11 is 0. The minimum atomic E-state index is -3.18. The zero-order valence-electron chi connectivity index (χ0n) is 11.0. The molecule has 0 aromatic carbocycles. The van der Waals surface area contributed by atoms with Gasteiger partial charge in [-0.2, -0.15) is 4.31 Å². The van der Waals surface area contributed by atoms with Crippen LogP contribution in [0.1, 0.15) is 25.7 Å². The van der Waals surface area contributed by atoms with Crippen molar-refractivity contribution in [3.63, 3.8) is 0 Å². The molecule has 19 heavy (non-hydrogen) atoms. The van der Waals surface area contributed by atoms with Crippen LogP contribution in [0.15, 0.2) is 0 Å². The van der Waals surface area contributed by atoms with Crippen LogP contribution in [0.25, 0.3) is 0 Å². The van der Waals surface area contributed by atoms with Crippen LogP contribution in [-0.4, -0.2) is 67.0 Å². The molecule has 1 amide bonds. The number of unbranched alkanes of at least 4 members (excludes halogenated alkanes) is 1. The first-order valence-electron chi connectivity index (χ1n) is 6.25. The average molecular weight is 292 g/mol. The number of carboxylic acid groups (broad SMARTS) is 1. The van der Waals surface area contributed by atoms with Gasteiger partial charge in [0, 0.05) is 39.0 Å². The van der Waals surface area contributed by atoms with Crippen LogP contribution in [-0.2, 0) is 19.6 Å². The van der Waals surface area contributed by atoms with Crippen molar-refractivity contribution < 1.29 is 23.1 Å². The van der Waals surface area contributed by atoms with E-state index in [2.05, 4.69) is 0 Å². The van der Waals surface area contributed by atoms with Gasteiger partial charge in [0.05, 0.1) is 6.26 Å². The lowest BCUT2D eigenvalue weighted by Gasteiger charge is -2.33. The smallest absolute Gasteiger partial charge is 0.303 e. The SMILES string of the molecule is CS(=O)(=O)N1CCN(C(=O)CCCCC(=O)O)CC1. The molecule has 110 valence electrons. The minimum Gasteiger partial charge on any atom is -0.481 e. The molecular weight excluding hydrogens is 272 g/mol. The molecule has 1 N–H and O–H groups in total. The second-order valence-corrected chi connectivity index (χ2v) is 6.63. The van der Waals surface area contributed by atoms with Gasteiger partial charge in [0.2, 0.25) is 15.9 Å². The van der Waals surface area contributed by atoms with Crippen molar-refractivity contribution in [2.75, 3.05) is 32.4 Å². The number of carboxylic acids is 1. The van der Waals surface area contributed by atoms with Crippen LogP contribution in [0.2, 0.25) is 0 Å². The van der Waals surface area contributed by atoms with E-state index in [-0.39, 0.29) is 12.3 Å². The lowest BCUT2D eigenvalue weighted by molar-refractivity contribution is -0.137. The van der Waals surface area contributed by atoms with Gasteiger partial charge in [-0.25, -0.2) is 8.42 Å². The van der Waals surface area contributed by atoms with Crippen molar-refractivity contribution in [2.24, 2.45) is 0 Å². The van der Waals surface area contributed by atoms with E-state index in [4.69, 9.17) is 5.11 Å². The zero-order chi connectivity index (χ0) is 14.5. The van der Waals surface area contributed by atoms with Crippen molar-refractivity contribution >= 4 is 21.9 Å². The third kappa shape index (κ3) is 5.56. The monoisotopic (exact) mass is 292 g/mol. The van der Waals surface area contributed by atoms with Crippen LogP contribution in [0.3, 0.4) is 0 Å². The molecule has 0 bridgehead atoms. The minimum absolute atomic E-state index is 0.0291. The molecule has 1 aliphatic rings. The topological polar surface area (TPSA) is 95.0 Å². The lowest BCUT2D eigenvalue weighted by atomic mass is 10.1. The van der Waals surface area contributed by atoms with Gasteiger partial charge in [0.25, 0.3) is 0 Å². The molecule has 1 fully saturated rings. The summed E-state index contributed by atoms with van der Waals surface area (Å²) in [7, 11) is -3.18. The molecule has 0 radical (unpaired) electrons. The molecule has 0 saturated carbocycles. The zero-order valence-corrected chi connectivity index (χ0v) is 11.9. The molecule has 1 saturated heterocycles. The second-order valence-electron chi connectivity index (χ2n) is 4.64. The van der Waals surface area contributed by atoms with E-state index in [9.17, 15) is 18.0 Å². The summed E-state index contributed by atoms with van der Waals surface area (Å²) in [5.74, 6) is -0.882. The van der Waals surface area contributed by atoms with Crippen molar-refractivity contribution in [1.82, 2.24) is 9.21 Å². The number of amides is 1. The Balaban J connectivity index is 2.27. The number of piperazine rings is 1. The average Bonchev–Trinajstić information content (AvgIpc) is 2.33. The number of carbonyl (C=O) groups excluding carboxylic acids is 1. The predicted molar refractivity (Wildman–Crippen MR) is 69.1 cm³/mol. The van der Waals surface area contributed by atoms with Gasteiger partial charge < -0.3 is 10.0 Å². The third-order valence-electron chi connectivity index (χ3n) is 3.09. The van der Waals surface area contributed by atoms with Crippen LogP contribution in [0.5, 0.6) is 0 Å². The van der Waals surface area contributed by atoms with Gasteiger partial charge in [-0.1, -0.05) is 0 Å². The highest BCUT2D eigenvalue weighted by Gasteiger charge is 2.25. The number of nitrogens with zero attached hydrogens (tertiary/aromatic N) is 2. The van der Waals surface area contributed by atoms with E-state index in [1.807, 2.05) is 0 Å². The lowest BCUT2D eigenvalue weighted by Crippen LogP contribution is -2.50. The summed E-state index contributed by atoms with van der Waals surface area (Å²) in [5.41, 5.74) is 0. The highest BCUT2D eigenvalue weighted by molar-refractivity contribution is 7.88. The summed E-state index contributed by atoms with van der Waals surface area (Å²) in [6.45, 7) is 1.48. The van der Waals surface area contributed by atoms with E-state index >= 15 is 0 Å². The van der Waals surface area contributed by atoms with Crippen LogP contribution in [0.4, 0.5) is 0 Å². The predicted octanol–water partition coefficient (Wildman–Crippen LogP) is -0.265. The third-order valence-corrected chi connectivity index (χ3v) is 4.39. The molecule has 1 heterocycles. The summed E-state index contributed by atoms with van der Waals surface area (Å²) < 4.78 is 24.0. The van der Waals surface area contributed by atoms with Crippen molar-refractivity contribution in [2.45, 2.75) is 25.7 Å². The largest absolute Gasteiger partial charge is 0.481 e. The first kappa shape index (κ1) is 15.9. The Kier molecular flexibility index (Phi) is 5.74. The quantitative estimate of drug-likeness (QED) is 0.680. The molecule has 0 aliphatic carbocycles. The molecule has 1 aliphatic heterocycles. The second kappa shape index (κ2) is 6.85. The molecule has 7 nitrogen and oxygen atoms in total. The number of hydrogen-bond acceptors (Lipinski definition) is 4. The summed E-state index contributed by atoms with van der Waals surface area (Å²) in [4.78, 5) is 23.8. The standard InChI is InChI=1S/C11H20N2O5S/c1-19(17,18)13-8-6-12(7-9-13)10(14)4-2-3-5-11(15)16/h2-9H2,1H3,(H,15,16). The Labute approximate surface area is 113 Å². The molecular formula is C11H20N2O5S. The highest BCUT2D eigenvalue weighted by atomic mass is 32.2. The fourth-order valence-electron chi connectivity index (χ4n) is 1.98. The van der Waals surface area contributed by atoms with Gasteiger partial charge in [-0.15, -0.1) is 0 Å². The van der Waals surface area contributed by atoms with Crippen molar-refractivity contribution in [1.29, 1.82) is 0 Å². The van der Waals surface area contributed by atoms with E-state index in [1.54, 1.807) is 4.90 Å². The maximum absolute atomic E-state index is 11.8. The van der Waals surface area contributed by atoms with E-state index < -0.39 is 16.0 Å². The summed E-state index contributed by atoms with van der Waals surface area (Å²) in [6, 6.07) is 0. The van der Waals surface area contributed by atoms with Crippen molar-refractivity contribution in [3.8, 4) is 0 Å². The Bertz CT molecular complexity index is 426. The normalized spacial score (nSPS) is 17.4. The molecule has 8 heteroatoms. The van der Waals surface area contributed by atoms with E-state index in [0.29, 0.717) is 45.4 Å². The molecule has 0 atom stereocenters. The molecule has 0 aromatic rings.